The highest BCUT2D eigenvalue weighted by Gasteiger charge is 2.32. The lowest BCUT2D eigenvalue weighted by Gasteiger charge is -2.32. The van der Waals surface area contributed by atoms with Crippen LogP contribution < -0.4 is 14.4 Å². The van der Waals surface area contributed by atoms with Crippen LogP contribution in [-0.2, 0) is 26.2 Å². The second-order valence-electron chi connectivity index (χ2n) is 9.25. The topological polar surface area (TPSA) is 96.0 Å². The van der Waals surface area contributed by atoms with Gasteiger partial charge in [-0.3, -0.25) is 13.9 Å². The molecule has 0 spiro atoms. The lowest BCUT2D eigenvalue weighted by molar-refractivity contribution is -0.139. The lowest BCUT2D eigenvalue weighted by Crippen LogP contribution is -2.52. The Morgan fingerprint density at radius 2 is 1.46 bits per heavy atom. The first-order chi connectivity index (χ1) is 18.7. The second-order valence-corrected chi connectivity index (χ2v) is 11.1. The summed E-state index contributed by atoms with van der Waals surface area (Å²) in [5.41, 5.74) is 1.14. The first-order valence-electron chi connectivity index (χ1n) is 13.1. The molecule has 39 heavy (non-hydrogen) atoms. The van der Waals surface area contributed by atoms with Gasteiger partial charge in [0, 0.05) is 12.6 Å². The Labute approximate surface area is 231 Å². The number of amides is 2. The molecule has 0 fully saturated rings. The molecule has 2 atom stereocenters. The van der Waals surface area contributed by atoms with Crippen LogP contribution in [-0.4, -0.2) is 50.4 Å². The Balaban J connectivity index is 2.00. The fourth-order valence-corrected chi connectivity index (χ4v) is 5.39. The number of nitrogens with one attached hydrogen (secondary N) is 1. The highest BCUT2D eigenvalue weighted by molar-refractivity contribution is 7.92. The molecule has 0 aliphatic carbocycles. The molecule has 8 nitrogen and oxygen atoms in total. The average molecular weight is 552 g/mol. The number of carbonyl (C=O) groups is 2. The van der Waals surface area contributed by atoms with Crippen molar-refractivity contribution in [2.75, 3.05) is 17.5 Å². The molecule has 0 aromatic heterocycles. The van der Waals surface area contributed by atoms with Crippen LogP contribution in [0, 0.1) is 0 Å². The van der Waals surface area contributed by atoms with E-state index in [4.69, 9.17) is 4.74 Å². The van der Waals surface area contributed by atoms with Gasteiger partial charge in [-0.1, -0.05) is 55.5 Å². The van der Waals surface area contributed by atoms with E-state index in [0.29, 0.717) is 18.0 Å². The number of nitrogens with zero attached hydrogens (tertiary/aromatic N) is 2. The van der Waals surface area contributed by atoms with Crippen LogP contribution >= 0.6 is 0 Å². The van der Waals surface area contributed by atoms with Gasteiger partial charge in [-0.25, -0.2) is 8.42 Å². The molecule has 0 saturated carbocycles. The van der Waals surface area contributed by atoms with E-state index in [1.807, 2.05) is 51.1 Å². The summed E-state index contributed by atoms with van der Waals surface area (Å²) in [6.45, 7) is 7.51. The minimum absolute atomic E-state index is 0.0591. The number of ether oxygens (including phenoxy) is 1. The van der Waals surface area contributed by atoms with E-state index in [1.165, 1.54) is 17.0 Å². The Morgan fingerprint density at radius 1 is 0.872 bits per heavy atom. The smallest absolute Gasteiger partial charge is 0.264 e. The van der Waals surface area contributed by atoms with Crippen molar-refractivity contribution in [3.8, 4) is 5.75 Å². The zero-order valence-corrected chi connectivity index (χ0v) is 23.7. The first kappa shape index (κ1) is 29.7. The van der Waals surface area contributed by atoms with E-state index in [-0.39, 0.29) is 23.4 Å². The third-order valence-electron chi connectivity index (χ3n) is 6.41. The monoisotopic (exact) mass is 551 g/mol. The highest BCUT2D eigenvalue weighted by atomic mass is 32.2. The van der Waals surface area contributed by atoms with Gasteiger partial charge < -0.3 is 15.0 Å². The molecular weight excluding hydrogens is 514 g/mol. The number of carbonyl (C=O) groups excluding carboxylic acids is 2. The van der Waals surface area contributed by atoms with Gasteiger partial charge in [0.25, 0.3) is 10.0 Å². The Bertz CT molecular complexity index is 1320. The van der Waals surface area contributed by atoms with Gasteiger partial charge in [-0.2, -0.15) is 0 Å². The molecule has 0 aliphatic heterocycles. The van der Waals surface area contributed by atoms with Crippen molar-refractivity contribution in [2.24, 2.45) is 0 Å². The molecule has 0 bridgehead atoms. The third kappa shape index (κ3) is 7.83. The number of hydrogen-bond acceptors (Lipinski definition) is 5. The van der Waals surface area contributed by atoms with Crippen molar-refractivity contribution in [2.45, 2.75) is 57.6 Å². The molecule has 0 unspecified atom stereocenters. The third-order valence-corrected chi connectivity index (χ3v) is 8.20. The number of sulfonamides is 1. The van der Waals surface area contributed by atoms with Crippen LogP contribution in [0.25, 0.3) is 0 Å². The van der Waals surface area contributed by atoms with E-state index >= 15 is 0 Å². The molecule has 2 amide bonds. The average Bonchev–Trinajstić information content (AvgIpc) is 2.95. The minimum atomic E-state index is -4.11. The van der Waals surface area contributed by atoms with Crippen molar-refractivity contribution >= 4 is 27.5 Å². The molecule has 1 N–H and O–H groups in total. The molecule has 0 heterocycles. The fourth-order valence-electron chi connectivity index (χ4n) is 3.95. The Hall–Kier alpha value is -3.85. The van der Waals surface area contributed by atoms with Crippen molar-refractivity contribution in [3.63, 3.8) is 0 Å². The minimum Gasteiger partial charge on any atom is -0.494 e. The molecule has 3 aromatic carbocycles. The first-order valence-corrected chi connectivity index (χ1v) is 14.6. The van der Waals surface area contributed by atoms with Crippen LogP contribution in [0.5, 0.6) is 5.75 Å². The predicted octanol–water partition coefficient (Wildman–Crippen LogP) is 4.61. The van der Waals surface area contributed by atoms with Crippen LogP contribution in [0.15, 0.2) is 89.8 Å². The molecule has 0 aliphatic rings. The summed E-state index contributed by atoms with van der Waals surface area (Å²) in [5.74, 6) is -0.211. The fraction of sp³-hybridized carbons (Fsp3) is 0.333. The maximum Gasteiger partial charge on any atom is 0.264 e. The van der Waals surface area contributed by atoms with E-state index in [2.05, 4.69) is 5.32 Å². The number of benzene rings is 3. The maximum absolute atomic E-state index is 13.9. The predicted molar refractivity (Wildman–Crippen MR) is 153 cm³/mol. The second kappa shape index (κ2) is 13.8. The molecule has 208 valence electrons. The summed E-state index contributed by atoms with van der Waals surface area (Å²) in [6.07, 6.45) is 0.742. The van der Waals surface area contributed by atoms with Gasteiger partial charge in [-0.05, 0) is 69.2 Å². The normalized spacial score (nSPS) is 12.7. The number of hydrogen-bond donors (Lipinski definition) is 1. The van der Waals surface area contributed by atoms with Gasteiger partial charge in [-0.15, -0.1) is 0 Å². The van der Waals surface area contributed by atoms with Gasteiger partial charge in [0.05, 0.1) is 17.2 Å². The molecular formula is C30H37N3O5S. The van der Waals surface area contributed by atoms with Crippen LogP contribution in [0.4, 0.5) is 5.69 Å². The maximum atomic E-state index is 13.9. The summed E-state index contributed by atoms with van der Waals surface area (Å²) in [7, 11) is -4.11. The molecule has 3 aromatic rings. The van der Waals surface area contributed by atoms with E-state index in [1.54, 1.807) is 49.4 Å². The lowest BCUT2D eigenvalue weighted by atomic mass is 10.1. The number of anilines is 1. The van der Waals surface area contributed by atoms with Crippen LogP contribution in [0.3, 0.4) is 0 Å². The van der Waals surface area contributed by atoms with Crippen molar-refractivity contribution < 1.29 is 22.7 Å². The van der Waals surface area contributed by atoms with Crippen molar-refractivity contribution in [1.82, 2.24) is 10.2 Å². The quantitative estimate of drug-likeness (QED) is 0.335. The van der Waals surface area contributed by atoms with E-state index in [9.17, 15) is 18.0 Å². The van der Waals surface area contributed by atoms with Gasteiger partial charge >= 0.3 is 0 Å². The van der Waals surface area contributed by atoms with Gasteiger partial charge in [0.2, 0.25) is 11.8 Å². The summed E-state index contributed by atoms with van der Waals surface area (Å²) < 4.78 is 34.2. The Kier molecular flexibility index (Phi) is 10.5. The molecule has 9 heteroatoms. The summed E-state index contributed by atoms with van der Waals surface area (Å²) in [5, 5.41) is 2.93. The largest absolute Gasteiger partial charge is 0.494 e. The zero-order valence-electron chi connectivity index (χ0n) is 22.9. The van der Waals surface area contributed by atoms with Crippen molar-refractivity contribution in [3.05, 3.63) is 90.5 Å². The standard InChI is InChI=1S/C30H37N3O5S/c1-5-23(3)31-30(35)24(4)32(21-25-13-9-7-10-14-25)29(34)22-33(26-17-19-27(20-18-26)38-6-2)39(36,37)28-15-11-8-12-16-28/h7-20,23-24H,5-6,21-22H2,1-4H3,(H,31,35)/t23-,24+/m1/s1. The van der Waals surface area contributed by atoms with E-state index < -0.39 is 28.5 Å². The summed E-state index contributed by atoms with van der Waals surface area (Å²) >= 11 is 0. The molecule has 3 rings (SSSR count). The summed E-state index contributed by atoms with van der Waals surface area (Å²) in [6, 6.07) is 23.0. The van der Waals surface area contributed by atoms with Gasteiger partial charge in [0.15, 0.2) is 0 Å². The summed E-state index contributed by atoms with van der Waals surface area (Å²) in [4.78, 5) is 28.5. The SMILES string of the molecule is CCOc1ccc(N(CC(=O)N(Cc2ccccc2)[C@@H](C)C(=O)N[C@H](C)CC)S(=O)(=O)c2ccccc2)cc1. The molecule has 0 saturated heterocycles. The van der Waals surface area contributed by atoms with Crippen LogP contribution in [0.2, 0.25) is 0 Å². The van der Waals surface area contributed by atoms with Crippen LogP contribution in [0.1, 0.15) is 39.7 Å². The number of rotatable bonds is 13. The van der Waals surface area contributed by atoms with Gasteiger partial charge in [0.1, 0.15) is 18.3 Å². The molecule has 0 radical (unpaired) electrons. The Morgan fingerprint density at radius 3 is 2.03 bits per heavy atom. The van der Waals surface area contributed by atoms with Crippen molar-refractivity contribution in [1.29, 1.82) is 0 Å². The zero-order chi connectivity index (χ0) is 28.4. The van der Waals surface area contributed by atoms with E-state index in [0.717, 1.165) is 16.3 Å². The highest BCUT2D eigenvalue weighted by Crippen LogP contribution is 2.26.